The fourth-order valence-electron chi connectivity index (χ4n) is 1.52. The molecule has 0 radical (unpaired) electrons. The lowest BCUT2D eigenvalue weighted by Crippen LogP contribution is -2.28. The first-order valence-electron chi connectivity index (χ1n) is 5.88. The number of nitro benzene ring substituents is 1. The van der Waals surface area contributed by atoms with Crippen LogP contribution in [0.4, 0.5) is 5.69 Å². The van der Waals surface area contributed by atoms with Crippen LogP contribution < -0.4 is 10.6 Å². The van der Waals surface area contributed by atoms with E-state index in [4.69, 9.17) is 11.6 Å². The first-order valence-corrected chi connectivity index (χ1v) is 6.26. The molecule has 0 unspecified atom stereocenters. The van der Waals surface area contributed by atoms with Crippen molar-refractivity contribution in [2.24, 2.45) is 0 Å². The standard InChI is InChI=1S/C12H16ClN3O3/c1-14-5-2-6-15-12(17)7-9-3-4-10(16(18)19)8-11(9)13/h3-4,8,14H,2,5-7H2,1H3,(H,15,17). The number of hydrogen-bond acceptors (Lipinski definition) is 4. The van der Waals surface area contributed by atoms with Crippen molar-refractivity contribution < 1.29 is 9.72 Å². The molecule has 0 heterocycles. The highest BCUT2D eigenvalue weighted by Crippen LogP contribution is 2.22. The Balaban J connectivity index is 2.52. The first kappa shape index (κ1) is 15.4. The third-order valence-electron chi connectivity index (χ3n) is 2.52. The molecule has 0 fully saturated rings. The number of nitrogens with zero attached hydrogens (tertiary/aromatic N) is 1. The summed E-state index contributed by atoms with van der Waals surface area (Å²) >= 11 is 5.91. The predicted octanol–water partition coefficient (Wildman–Crippen LogP) is 1.52. The minimum absolute atomic E-state index is 0.0804. The van der Waals surface area contributed by atoms with Gasteiger partial charge in [0.2, 0.25) is 5.91 Å². The lowest BCUT2D eigenvalue weighted by Gasteiger charge is -2.06. The molecule has 1 amide bonds. The number of rotatable bonds is 7. The number of carbonyl (C=O) groups is 1. The van der Waals surface area contributed by atoms with E-state index < -0.39 is 4.92 Å². The number of nitrogens with one attached hydrogen (secondary N) is 2. The van der Waals surface area contributed by atoms with Crippen molar-refractivity contribution in [3.05, 3.63) is 38.9 Å². The third kappa shape index (κ3) is 5.23. The second-order valence-corrected chi connectivity index (χ2v) is 4.42. The van der Waals surface area contributed by atoms with Gasteiger partial charge >= 0.3 is 0 Å². The molecule has 0 aromatic heterocycles. The van der Waals surface area contributed by atoms with E-state index >= 15 is 0 Å². The Morgan fingerprint density at radius 1 is 1.42 bits per heavy atom. The van der Waals surface area contributed by atoms with Gasteiger partial charge in [0.15, 0.2) is 0 Å². The normalized spacial score (nSPS) is 10.2. The maximum absolute atomic E-state index is 11.6. The fourth-order valence-corrected chi connectivity index (χ4v) is 1.76. The van der Waals surface area contributed by atoms with Gasteiger partial charge in [-0.2, -0.15) is 0 Å². The number of benzene rings is 1. The molecule has 1 aromatic carbocycles. The van der Waals surface area contributed by atoms with E-state index in [0.29, 0.717) is 12.1 Å². The van der Waals surface area contributed by atoms with Gasteiger partial charge in [0, 0.05) is 18.7 Å². The SMILES string of the molecule is CNCCCNC(=O)Cc1ccc([N+](=O)[O-])cc1Cl. The van der Waals surface area contributed by atoms with Gasteiger partial charge in [0.05, 0.1) is 16.4 Å². The van der Waals surface area contributed by atoms with E-state index in [1.165, 1.54) is 18.2 Å². The lowest BCUT2D eigenvalue weighted by molar-refractivity contribution is -0.384. The Morgan fingerprint density at radius 3 is 2.74 bits per heavy atom. The van der Waals surface area contributed by atoms with Gasteiger partial charge < -0.3 is 10.6 Å². The van der Waals surface area contributed by atoms with Crippen LogP contribution >= 0.6 is 11.6 Å². The molecule has 0 spiro atoms. The Kier molecular flexibility index (Phi) is 6.24. The molecule has 104 valence electrons. The van der Waals surface area contributed by atoms with Gasteiger partial charge in [-0.05, 0) is 25.6 Å². The summed E-state index contributed by atoms with van der Waals surface area (Å²) < 4.78 is 0. The summed E-state index contributed by atoms with van der Waals surface area (Å²) in [4.78, 5) is 21.7. The topological polar surface area (TPSA) is 84.3 Å². The van der Waals surface area contributed by atoms with Gasteiger partial charge in [-0.25, -0.2) is 0 Å². The number of carbonyl (C=O) groups excluding carboxylic acids is 1. The molecule has 0 aliphatic carbocycles. The van der Waals surface area contributed by atoms with Crippen molar-refractivity contribution in [3.8, 4) is 0 Å². The largest absolute Gasteiger partial charge is 0.356 e. The molecule has 19 heavy (non-hydrogen) atoms. The second kappa shape index (κ2) is 7.70. The molecular weight excluding hydrogens is 270 g/mol. The zero-order chi connectivity index (χ0) is 14.3. The summed E-state index contributed by atoms with van der Waals surface area (Å²) in [6.07, 6.45) is 0.965. The highest BCUT2D eigenvalue weighted by molar-refractivity contribution is 6.31. The summed E-state index contributed by atoms with van der Waals surface area (Å²) in [7, 11) is 1.85. The van der Waals surface area contributed by atoms with Gasteiger partial charge in [-0.1, -0.05) is 17.7 Å². The Bertz CT molecular complexity index is 466. The molecule has 0 bridgehead atoms. The van der Waals surface area contributed by atoms with E-state index in [0.717, 1.165) is 13.0 Å². The number of halogens is 1. The van der Waals surface area contributed by atoms with Crippen LogP contribution in [0, 0.1) is 10.1 Å². The molecule has 1 rings (SSSR count). The third-order valence-corrected chi connectivity index (χ3v) is 2.88. The zero-order valence-corrected chi connectivity index (χ0v) is 11.4. The molecule has 0 aliphatic rings. The monoisotopic (exact) mass is 285 g/mol. The molecule has 0 saturated heterocycles. The molecule has 2 N–H and O–H groups in total. The summed E-state index contributed by atoms with van der Waals surface area (Å²) in [6.45, 7) is 1.42. The zero-order valence-electron chi connectivity index (χ0n) is 10.6. The van der Waals surface area contributed by atoms with Crippen LogP contribution in [0.1, 0.15) is 12.0 Å². The average molecular weight is 286 g/mol. The number of non-ortho nitro benzene ring substituents is 1. The molecule has 0 saturated carbocycles. The number of amides is 1. The van der Waals surface area contributed by atoms with Crippen molar-refractivity contribution in [3.63, 3.8) is 0 Å². The highest BCUT2D eigenvalue weighted by atomic mass is 35.5. The van der Waals surface area contributed by atoms with Crippen LogP contribution in [0.5, 0.6) is 0 Å². The van der Waals surface area contributed by atoms with Crippen LogP contribution in [0.3, 0.4) is 0 Å². The number of hydrogen-bond donors (Lipinski definition) is 2. The molecule has 1 aromatic rings. The smallest absolute Gasteiger partial charge is 0.270 e. The van der Waals surface area contributed by atoms with Crippen molar-refractivity contribution in [2.75, 3.05) is 20.1 Å². The van der Waals surface area contributed by atoms with Crippen molar-refractivity contribution in [1.29, 1.82) is 0 Å². The van der Waals surface area contributed by atoms with Crippen molar-refractivity contribution >= 4 is 23.2 Å². The maximum Gasteiger partial charge on any atom is 0.270 e. The molecular formula is C12H16ClN3O3. The van der Waals surface area contributed by atoms with E-state index in [9.17, 15) is 14.9 Å². The van der Waals surface area contributed by atoms with Crippen molar-refractivity contribution in [2.45, 2.75) is 12.8 Å². The van der Waals surface area contributed by atoms with Gasteiger partial charge in [0.25, 0.3) is 5.69 Å². The molecule has 6 nitrogen and oxygen atoms in total. The number of nitro groups is 1. The van der Waals surface area contributed by atoms with Crippen LogP contribution in [0.25, 0.3) is 0 Å². The molecule has 0 aliphatic heterocycles. The first-order chi connectivity index (χ1) is 9.04. The molecule has 0 atom stereocenters. The lowest BCUT2D eigenvalue weighted by atomic mass is 10.1. The fraction of sp³-hybridized carbons (Fsp3) is 0.417. The Morgan fingerprint density at radius 2 is 2.16 bits per heavy atom. The van der Waals surface area contributed by atoms with Crippen LogP contribution in [-0.4, -0.2) is 31.0 Å². The van der Waals surface area contributed by atoms with E-state index in [1.54, 1.807) is 0 Å². The predicted molar refractivity (Wildman–Crippen MR) is 73.4 cm³/mol. The van der Waals surface area contributed by atoms with Crippen LogP contribution in [0.15, 0.2) is 18.2 Å². The Hall–Kier alpha value is -1.66. The summed E-state index contributed by atoms with van der Waals surface area (Å²) in [5, 5.41) is 16.5. The van der Waals surface area contributed by atoms with Crippen LogP contribution in [-0.2, 0) is 11.2 Å². The van der Waals surface area contributed by atoms with Gasteiger partial charge in [-0.3, -0.25) is 14.9 Å². The minimum Gasteiger partial charge on any atom is -0.356 e. The van der Waals surface area contributed by atoms with Crippen LogP contribution in [0.2, 0.25) is 5.02 Å². The van der Waals surface area contributed by atoms with E-state index in [1.807, 2.05) is 7.05 Å². The highest BCUT2D eigenvalue weighted by Gasteiger charge is 2.11. The van der Waals surface area contributed by atoms with Crippen molar-refractivity contribution in [1.82, 2.24) is 10.6 Å². The summed E-state index contributed by atoms with van der Waals surface area (Å²) in [5.74, 6) is -0.146. The quantitative estimate of drug-likeness (QED) is 0.452. The Labute approximate surface area is 116 Å². The van der Waals surface area contributed by atoms with Gasteiger partial charge in [-0.15, -0.1) is 0 Å². The van der Waals surface area contributed by atoms with E-state index in [-0.39, 0.29) is 23.0 Å². The summed E-state index contributed by atoms with van der Waals surface area (Å²) in [6, 6.07) is 4.11. The second-order valence-electron chi connectivity index (χ2n) is 4.02. The average Bonchev–Trinajstić information content (AvgIpc) is 2.37. The summed E-state index contributed by atoms with van der Waals surface area (Å²) in [5.41, 5.74) is 0.501. The van der Waals surface area contributed by atoms with Gasteiger partial charge in [0.1, 0.15) is 0 Å². The molecule has 7 heteroatoms. The minimum atomic E-state index is -0.520. The maximum atomic E-state index is 11.6. The van der Waals surface area contributed by atoms with E-state index in [2.05, 4.69) is 10.6 Å².